The quantitative estimate of drug-likeness (QED) is 0.174. The zero-order chi connectivity index (χ0) is 19.8. The summed E-state index contributed by atoms with van der Waals surface area (Å²) < 4.78 is 28.8. The molecule has 0 unspecified atom stereocenters. The van der Waals surface area contributed by atoms with E-state index in [2.05, 4.69) is 6.58 Å². The third-order valence-electron chi connectivity index (χ3n) is 3.29. The van der Waals surface area contributed by atoms with E-state index >= 15 is 0 Å². The number of nitro groups is 1. The maximum Gasteiger partial charge on any atom is 0.336 e. The van der Waals surface area contributed by atoms with Crippen molar-refractivity contribution in [2.45, 2.75) is 0 Å². The molecule has 2 aromatic carbocycles. The van der Waals surface area contributed by atoms with Crippen LogP contribution in [0.25, 0.3) is 6.08 Å². The van der Waals surface area contributed by atoms with Gasteiger partial charge in [-0.2, -0.15) is 0 Å². The Labute approximate surface area is 154 Å². The van der Waals surface area contributed by atoms with Crippen LogP contribution in [0.5, 0.6) is 17.2 Å². The van der Waals surface area contributed by atoms with Crippen LogP contribution in [0.2, 0.25) is 0 Å². The van der Waals surface area contributed by atoms with E-state index in [1.807, 2.05) is 0 Å². The van der Waals surface area contributed by atoms with Crippen molar-refractivity contribution in [1.29, 1.82) is 0 Å². The maximum absolute atomic E-state index is 13.3. The number of benzene rings is 2. The lowest BCUT2D eigenvalue weighted by atomic mass is 10.2. The molecule has 8 heteroatoms. The number of carbonyl (C=O) groups is 1. The number of esters is 1. The molecule has 0 heterocycles. The molecule has 0 atom stereocenters. The molecule has 0 fully saturated rings. The minimum Gasteiger partial charge on any atom is -0.493 e. The molecule has 0 N–H and O–H groups in total. The highest BCUT2D eigenvalue weighted by atomic mass is 19.1. The molecular formula is C19H16FNO6. The number of nitrogens with zero attached hydrogens (tertiary/aromatic N) is 1. The van der Waals surface area contributed by atoms with Crippen LogP contribution in [-0.4, -0.2) is 24.6 Å². The van der Waals surface area contributed by atoms with E-state index < -0.39 is 28.1 Å². The van der Waals surface area contributed by atoms with Crippen LogP contribution in [0.3, 0.4) is 0 Å². The third kappa shape index (κ3) is 5.40. The standard InChI is InChI=1S/C19H16FNO6/c1-3-10-26-16-8-4-13(11-18(16)25-2)5-9-19(22)27-17-12-14(20)6-7-15(17)21(23)24/h3-9,11-12H,1,10H2,2H3/b9-5+. The molecular weight excluding hydrogens is 357 g/mol. The molecule has 140 valence electrons. The Hall–Kier alpha value is -3.68. The van der Waals surface area contributed by atoms with E-state index in [0.717, 1.165) is 24.3 Å². The van der Waals surface area contributed by atoms with E-state index in [4.69, 9.17) is 14.2 Å². The van der Waals surface area contributed by atoms with Crippen molar-refractivity contribution in [2.75, 3.05) is 13.7 Å². The van der Waals surface area contributed by atoms with Crippen LogP contribution in [0.1, 0.15) is 5.56 Å². The fourth-order valence-corrected chi connectivity index (χ4v) is 2.08. The normalized spacial score (nSPS) is 10.4. The predicted molar refractivity (Wildman–Crippen MR) is 96.4 cm³/mol. The van der Waals surface area contributed by atoms with Gasteiger partial charge in [0.25, 0.3) is 0 Å². The highest BCUT2D eigenvalue weighted by Crippen LogP contribution is 2.29. The van der Waals surface area contributed by atoms with Crippen LogP contribution in [-0.2, 0) is 4.79 Å². The number of nitro benzene ring substituents is 1. The molecule has 2 aromatic rings. The maximum atomic E-state index is 13.3. The Morgan fingerprint density at radius 1 is 1.22 bits per heavy atom. The minimum absolute atomic E-state index is 0.310. The van der Waals surface area contributed by atoms with E-state index in [9.17, 15) is 19.3 Å². The molecule has 27 heavy (non-hydrogen) atoms. The summed E-state index contributed by atoms with van der Waals surface area (Å²) in [6, 6.07) is 7.58. The Morgan fingerprint density at radius 2 is 2.00 bits per heavy atom. The molecule has 2 rings (SSSR count). The molecule has 0 bridgehead atoms. The van der Waals surface area contributed by atoms with Crippen molar-refractivity contribution in [3.63, 3.8) is 0 Å². The number of ether oxygens (including phenoxy) is 3. The van der Waals surface area contributed by atoms with Gasteiger partial charge in [-0.1, -0.05) is 18.7 Å². The third-order valence-corrected chi connectivity index (χ3v) is 3.29. The second-order valence-corrected chi connectivity index (χ2v) is 5.13. The fraction of sp³-hybridized carbons (Fsp3) is 0.105. The van der Waals surface area contributed by atoms with Gasteiger partial charge in [-0.3, -0.25) is 10.1 Å². The summed E-state index contributed by atoms with van der Waals surface area (Å²) in [5, 5.41) is 10.9. The first-order chi connectivity index (χ1) is 12.9. The van der Waals surface area contributed by atoms with Gasteiger partial charge in [-0.25, -0.2) is 9.18 Å². The number of hydrogen-bond donors (Lipinski definition) is 0. The monoisotopic (exact) mass is 373 g/mol. The van der Waals surface area contributed by atoms with Crippen molar-refractivity contribution >= 4 is 17.7 Å². The molecule has 0 amide bonds. The fourth-order valence-electron chi connectivity index (χ4n) is 2.08. The molecule has 0 spiro atoms. The van der Waals surface area contributed by atoms with Crippen LogP contribution in [0.4, 0.5) is 10.1 Å². The van der Waals surface area contributed by atoms with Gasteiger partial charge in [0.2, 0.25) is 5.75 Å². The topological polar surface area (TPSA) is 87.9 Å². The van der Waals surface area contributed by atoms with E-state index in [-0.39, 0.29) is 0 Å². The van der Waals surface area contributed by atoms with Gasteiger partial charge in [0.1, 0.15) is 12.4 Å². The first kappa shape index (κ1) is 19.6. The van der Waals surface area contributed by atoms with Crippen LogP contribution in [0.15, 0.2) is 55.1 Å². The Bertz CT molecular complexity index is 894. The van der Waals surface area contributed by atoms with Gasteiger partial charge in [0, 0.05) is 18.2 Å². The van der Waals surface area contributed by atoms with Gasteiger partial charge in [0.05, 0.1) is 12.0 Å². The minimum atomic E-state index is -0.894. The van der Waals surface area contributed by atoms with E-state index in [1.165, 1.54) is 13.2 Å². The molecule has 0 aliphatic carbocycles. The smallest absolute Gasteiger partial charge is 0.336 e. The summed E-state index contributed by atoms with van der Waals surface area (Å²) in [5.41, 5.74) is 0.0898. The highest BCUT2D eigenvalue weighted by molar-refractivity contribution is 5.89. The molecule has 7 nitrogen and oxygen atoms in total. The van der Waals surface area contributed by atoms with Crippen LogP contribution >= 0.6 is 0 Å². The average molecular weight is 373 g/mol. The van der Waals surface area contributed by atoms with E-state index in [0.29, 0.717) is 23.7 Å². The van der Waals surface area contributed by atoms with Gasteiger partial charge in [-0.05, 0) is 29.8 Å². The van der Waals surface area contributed by atoms with Crippen molar-refractivity contribution in [1.82, 2.24) is 0 Å². The molecule has 0 aliphatic rings. The first-order valence-electron chi connectivity index (χ1n) is 7.70. The summed E-state index contributed by atoms with van der Waals surface area (Å²) in [7, 11) is 1.47. The van der Waals surface area contributed by atoms with Crippen molar-refractivity contribution in [2.24, 2.45) is 0 Å². The Balaban J connectivity index is 2.14. The first-order valence-corrected chi connectivity index (χ1v) is 7.70. The lowest BCUT2D eigenvalue weighted by Gasteiger charge is -2.09. The van der Waals surface area contributed by atoms with Gasteiger partial charge >= 0.3 is 11.7 Å². The lowest BCUT2D eigenvalue weighted by molar-refractivity contribution is -0.385. The van der Waals surface area contributed by atoms with Crippen molar-refractivity contribution in [3.05, 3.63) is 76.6 Å². The van der Waals surface area contributed by atoms with Crippen molar-refractivity contribution < 1.29 is 28.3 Å². The molecule has 0 aliphatic heterocycles. The summed E-state index contributed by atoms with van der Waals surface area (Å²) in [6.07, 6.45) is 4.08. The van der Waals surface area contributed by atoms with Gasteiger partial charge in [-0.15, -0.1) is 0 Å². The summed E-state index contributed by atoms with van der Waals surface area (Å²) in [5.74, 6) is -1.16. The second-order valence-electron chi connectivity index (χ2n) is 5.13. The predicted octanol–water partition coefficient (Wildman–Crippen LogP) is 3.93. The zero-order valence-corrected chi connectivity index (χ0v) is 14.4. The largest absolute Gasteiger partial charge is 0.493 e. The van der Waals surface area contributed by atoms with Crippen LogP contribution in [0, 0.1) is 15.9 Å². The SMILES string of the molecule is C=CCOc1ccc(/C=C/C(=O)Oc2cc(F)ccc2[N+](=O)[O-])cc1OC. The number of hydrogen-bond acceptors (Lipinski definition) is 6. The number of methoxy groups -OCH3 is 1. The summed E-state index contributed by atoms with van der Waals surface area (Å²) in [6.45, 7) is 3.87. The zero-order valence-electron chi connectivity index (χ0n) is 14.4. The Morgan fingerprint density at radius 3 is 2.67 bits per heavy atom. The summed E-state index contributed by atoms with van der Waals surface area (Å²) in [4.78, 5) is 22.1. The molecule has 0 aromatic heterocycles. The second kappa shape index (κ2) is 9.14. The lowest BCUT2D eigenvalue weighted by Crippen LogP contribution is -2.06. The Kier molecular flexibility index (Phi) is 6.65. The number of halogens is 1. The highest BCUT2D eigenvalue weighted by Gasteiger charge is 2.18. The van der Waals surface area contributed by atoms with Crippen molar-refractivity contribution in [3.8, 4) is 17.2 Å². The molecule has 0 saturated heterocycles. The van der Waals surface area contributed by atoms with Gasteiger partial charge in [0.15, 0.2) is 11.5 Å². The molecule has 0 radical (unpaired) electrons. The summed E-state index contributed by atoms with van der Waals surface area (Å²) >= 11 is 0. The van der Waals surface area contributed by atoms with Gasteiger partial charge < -0.3 is 14.2 Å². The average Bonchev–Trinajstić information content (AvgIpc) is 2.64. The number of carbonyl (C=O) groups excluding carboxylic acids is 1. The number of rotatable bonds is 8. The molecule has 0 saturated carbocycles. The van der Waals surface area contributed by atoms with Crippen LogP contribution < -0.4 is 14.2 Å². The van der Waals surface area contributed by atoms with E-state index in [1.54, 1.807) is 24.3 Å².